The van der Waals surface area contributed by atoms with E-state index in [-0.39, 0.29) is 0 Å². The lowest BCUT2D eigenvalue weighted by molar-refractivity contribution is 0.298. The summed E-state index contributed by atoms with van der Waals surface area (Å²) in [5.41, 5.74) is 2.93. The van der Waals surface area contributed by atoms with E-state index in [1.54, 1.807) is 0 Å². The second-order valence-electron chi connectivity index (χ2n) is 6.60. The van der Waals surface area contributed by atoms with E-state index >= 15 is 0 Å². The molecule has 25 heavy (non-hydrogen) atoms. The van der Waals surface area contributed by atoms with Crippen LogP contribution in [0.15, 0.2) is 33.3 Å². The summed E-state index contributed by atoms with van der Waals surface area (Å²) in [4.78, 5) is 4.49. The molecule has 1 saturated carbocycles. The molecule has 6 nitrogen and oxygen atoms in total. The Bertz CT molecular complexity index is 864. The average Bonchev–Trinajstić information content (AvgIpc) is 3.18. The maximum absolute atomic E-state index is 5.88. The van der Waals surface area contributed by atoms with E-state index in [0.717, 1.165) is 59.9 Å². The van der Waals surface area contributed by atoms with Gasteiger partial charge in [0.2, 0.25) is 11.7 Å². The van der Waals surface area contributed by atoms with Crippen molar-refractivity contribution in [2.75, 3.05) is 6.61 Å². The zero-order valence-corrected chi connectivity index (χ0v) is 14.5. The first-order chi connectivity index (χ1) is 12.2. The van der Waals surface area contributed by atoms with Crippen molar-refractivity contribution in [3.05, 3.63) is 47.2 Å². The highest BCUT2D eigenvalue weighted by molar-refractivity contribution is 5.58. The second kappa shape index (κ2) is 6.70. The molecule has 6 heteroatoms. The minimum Gasteiger partial charge on any atom is -0.493 e. The van der Waals surface area contributed by atoms with E-state index in [2.05, 4.69) is 15.3 Å². The average molecular weight is 339 g/mol. The van der Waals surface area contributed by atoms with Crippen LogP contribution in [0, 0.1) is 13.8 Å². The molecule has 1 fully saturated rings. The van der Waals surface area contributed by atoms with Gasteiger partial charge in [-0.2, -0.15) is 4.98 Å². The molecule has 0 spiro atoms. The third-order valence-electron chi connectivity index (χ3n) is 4.30. The number of aromatic nitrogens is 3. The summed E-state index contributed by atoms with van der Waals surface area (Å²) in [6.45, 7) is 4.58. The minimum absolute atomic E-state index is 0.470. The molecule has 0 unspecified atom stereocenters. The Morgan fingerprint density at radius 1 is 1.12 bits per heavy atom. The molecule has 1 aliphatic carbocycles. The normalized spacial score (nSPS) is 14.0. The predicted octanol–water partition coefficient (Wildman–Crippen LogP) is 4.23. The van der Waals surface area contributed by atoms with E-state index in [1.807, 2.05) is 38.1 Å². The van der Waals surface area contributed by atoms with Crippen LogP contribution in [0.2, 0.25) is 0 Å². The van der Waals surface area contributed by atoms with Crippen molar-refractivity contribution >= 4 is 0 Å². The van der Waals surface area contributed by atoms with Crippen LogP contribution in [-0.2, 0) is 6.42 Å². The Hall–Kier alpha value is -2.63. The smallest absolute Gasteiger partial charge is 0.230 e. The maximum atomic E-state index is 5.88. The molecule has 1 aliphatic rings. The lowest BCUT2D eigenvalue weighted by atomic mass is 10.1. The molecule has 0 radical (unpaired) electrons. The molecule has 1 aromatic carbocycles. The number of ether oxygens (including phenoxy) is 1. The van der Waals surface area contributed by atoms with Gasteiger partial charge in [0.05, 0.1) is 12.3 Å². The van der Waals surface area contributed by atoms with Crippen LogP contribution in [0.4, 0.5) is 0 Å². The van der Waals surface area contributed by atoms with Crippen LogP contribution in [0.1, 0.15) is 48.1 Å². The van der Waals surface area contributed by atoms with Crippen LogP contribution < -0.4 is 4.74 Å². The number of nitrogens with zero attached hydrogens (tertiary/aromatic N) is 3. The summed E-state index contributed by atoms with van der Waals surface area (Å²) in [5, 5.41) is 7.97. The molecule has 0 aliphatic heterocycles. The van der Waals surface area contributed by atoms with Gasteiger partial charge < -0.3 is 13.8 Å². The van der Waals surface area contributed by atoms with Gasteiger partial charge >= 0.3 is 0 Å². The lowest BCUT2D eigenvalue weighted by Gasteiger charge is -2.09. The summed E-state index contributed by atoms with van der Waals surface area (Å²) >= 11 is 0. The number of rotatable bonds is 7. The Kier molecular flexibility index (Phi) is 4.26. The number of hydrogen-bond donors (Lipinski definition) is 0. The third-order valence-corrected chi connectivity index (χ3v) is 4.30. The standard InChI is InChI=1S/C19H21N3O3/c1-12-10-15(18-20-19(25-22-18)14-5-6-14)7-8-17(12)23-9-3-4-16-11-13(2)21-24-16/h7-8,10-11,14H,3-6,9H2,1-2H3. The first-order valence-corrected chi connectivity index (χ1v) is 8.68. The van der Waals surface area contributed by atoms with Gasteiger partial charge in [-0.3, -0.25) is 0 Å². The van der Waals surface area contributed by atoms with E-state index in [0.29, 0.717) is 18.3 Å². The fraction of sp³-hybridized carbons (Fsp3) is 0.421. The fourth-order valence-corrected chi connectivity index (χ4v) is 2.76. The van der Waals surface area contributed by atoms with Crippen molar-refractivity contribution < 1.29 is 13.8 Å². The van der Waals surface area contributed by atoms with E-state index < -0.39 is 0 Å². The van der Waals surface area contributed by atoms with Crippen molar-refractivity contribution in [3.63, 3.8) is 0 Å². The topological polar surface area (TPSA) is 74.2 Å². The first-order valence-electron chi connectivity index (χ1n) is 8.68. The van der Waals surface area contributed by atoms with Crippen molar-refractivity contribution in [1.82, 2.24) is 15.3 Å². The van der Waals surface area contributed by atoms with Gasteiger partial charge in [-0.05, 0) is 56.9 Å². The Morgan fingerprint density at radius 2 is 2.00 bits per heavy atom. The molecule has 0 atom stereocenters. The van der Waals surface area contributed by atoms with Gasteiger partial charge in [-0.15, -0.1) is 0 Å². The van der Waals surface area contributed by atoms with Gasteiger partial charge in [0.25, 0.3) is 0 Å². The molecule has 4 rings (SSSR count). The molecular weight excluding hydrogens is 318 g/mol. The molecule has 0 N–H and O–H groups in total. The predicted molar refractivity (Wildman–Crippen MR) is 91.5 cm³/mol. The van der Waals surface area contributed by atoms with E-state index in [9.17, 15) is 0 Å². The molecule has 2 aromatic heterocycles. The highest BCUT2D eigenvalue weighted by Gasteiger charge is 2.29. The SMILES string of the molecule is Cc1cc(CCCOc2ccc(-c3noc(C4CC4)n3)cc2C)on1. The van der Waals surface area contributed by atoms with Crippen molar-refractivity contribution in [3.8, 4) is 17.1 Å². The molecule has 0 saturated heterocycles. The van der Waals surface area contributed by atoms with Crippen molar-refractivity contribution in [2.45, 2.75) is 45.4 Å². The zero-order valence-electron chi connectivity index (χ0n) is 14.5. The van der Waals surface area contributed by atoms with Crippen LogP contribution in [-0.4, -0.2) is 21.9 Å². The molecule has 0 amide bonds. The highest BCUT2D eigenvalue weighted by atomic mass is 16.5. The highest BCUT2D eigenvalue weighted by Crippen LogP contribution is 2.39. The summed E-state index contributed by atoms with van der Waals surface area (Å²) in [6, 6.07) is 7.94. The number of benzene rings is 1. The lowest BCUT2D eigenvalue weighted by Crippen LogP contribution is -2.00. The minimum atomic E-state index is 0.470. The van der Waals surface area contributed by atoms with Crippen LogP contribution in [0.5, 0.6) is 5.75 Å². The largest absolute Gasteiger partial charge is 0.493 e. The fourth-order valence-electron chi connectivity index (χ4n) is 2.76. The van der Waals surface area contributed by atoms with Crippen molar-refractivity contribution in [2.24, 2.45) is 0 Å². The van der Waals surface area contributed by atoms with E-state index in [1.165, 1.54) is 0 Å². The number of aryl methyl sites for hydroxylation is 3. The maximum Gasteiger partial charge on any atom is 0.230 e. The monoisotopic (exact) mass is 339 g/mol. The summed E-state index contributed by atoms with van der Waals surface area (Å²) in [6.07, 6.45) is 4.01. The molecule has 3 aromatic rings. The Morgan fingerprint density at radius 3 is 2.72 bits per heavy atom. The summed E-state index contributed by atoms with van der Waals surface area (Å²) in [7, 11) is 0. The summed E-state index contributed by atoms with van der Waals surface area (Å²) in [5.74, 6) is 3.66. The van der Waals surface area contributed by atoms with Gasteiger partial charge in [-0.1, -0.05) is 10.3 Å². The van der Waals surface area contributed by atoms with Crippen LogP contribution in [0.3, 0.4) is 0 Å². The molecule has 130 valence electrons. The molecule has 0 bridgehead atoms. The van der Waals surface area contributed by atoms with E-state index in [4.69, 9.17) is 13.8 Å². The van der Waals surface area contributed by atoms with Gasteiger partial charge in [0.15, 0.2) is 0 Å². The van der Waals surface area contributed by atoms with Crippen LogP contribution >= 0.6 is 0 Å². The zero-order chi connectivity index (χ0) is 17.2. The Labute approximate surface area is 146 Å². The Balaban J connectivity index is 1.34. The van der Waals surface area contributed by atoms with Crippen molar-refractivity contribution in [1.29, 1.82) is 0 Å². The summed E-state index contributed by atoms with van der Waals surface area (Å²) < 4.78 is 16.4. The van der Waals surface area contributed by atoms with Gasteiger partial charge in [0, 0.05) is 24.0 Å². The second-order valence-corrected chi connectivity index (χ2v) is 6.60. The van der Waals surface area contributed by atoms with Gasteiger partial charge in [-0.25, -0.2) is 0 Å². The van der Waals surface area contributed by atoms with Gasteiger partial charge in [0.1, 0.15) is 11.5 Å². The van der Waals surface area contributed by atoms with Crippen LogP contribution in [0.25, 0.3) is 11.4 Å². The third kappa shape index (κ3) is 3.73. The molecular formula is C19H21N3O3. The molecule has 2 heterocycles. The number of hydrogen-bond acceptors (Lipinski definition) is 6. The quantitative estimate of drug-likeness (QED) is 0.600. The first kappa shape index (κ1) is 15.9.